The lowest BCUT2D eigenvalue weighted by Crippen LogP contribution is -2.48. The van der Waals surface area contributed by atoms with Gasteiger partial charge in [-0.05, 0) is 25.7 Å². The fourth-order valence-corrected chi connectivity index (χ4v) is 2.26. The molecule has 1 aliphatic carbocycles. The van der Waals surface area contributed by atoms with E-state index in [9.17, 15) is 9.59 Å². The molecule has 0 aliphatic heterocycles. The first-order valence-electron chi connectivity index (χ1n) is 6.58. The fourth-order valence-electron chi connectivity index (χ4n) is 2.26. The fraction of sp³-hybridized carbons (Fsp3) is 0.750. The second-order valence-electron chi connectivity index (χ2n) is 4.95. The molecular formula is C12H20N4O3. The first-order valence-corrected chi connectivity index (χ1v) is 6.58. The molecule has 1 aromatic rings. The average Bonchev–Trinajstić information content (AvgIpc) is 2.34. The molecule has 0 unspecified atom stereocenters. The van der Waals surface area contributed by atoms with Crippen LogP contribution in [0.4, 0.5) is 5.82 Å². The van der Waals surface area contributed by atoms with Gasteiger partial charge in [0.2, 0.25) is 5.82 Å². The molecule has 106 valence electrons. The predicted molar refractivity (Wildman–Crippen MR) is 71.4 cm³/mol. The Labute approximate surface area is 111 Å². The number of aliphatic hydroxyl groups is 1. The lowest BCUT2D eigenvalue weighted by Gasteiger charge is -2.37. The van der Waals surface area contributed by atoms with Crippen molar-refractivity contribution in [3.63, 3.8) is 0 Å². The van der Waals surface area contributed by atoms with Gasteiger partial charge in [0.05, 0.1) is 0 Å². The van der Waals surface area contributed by atoms with Crippen LogP contribution in [0.15, 0.2) is 9.59 Å². The van der Waals surface area contributed by atoms with Crippen LogP contribution in [0.25, 0.3) is 0 Å². The number of hydrogen-bond acceptors (Lipinski definition) is 5. The SMILES string of the molecule is Cn1nc(N(CCCO)C2CCC2)c(=O)n(C)c1=O. The molecular weight excluding hydrogens is 248 g/mol. The van der Waals surface area contributed by atoms with E-state index in [4.69, 9.17) is 5.11 Å². The third-order valence-corrected chi connectivity index (χ3v) is 3.65. The molecule has 1 aromatic heterocycles. The number of aliphatic hydroxyl groups excluding tert-OH is 1. The minimum Gasteiger partial charge on any atom is -0.396 e. The quantitative estimate of drug-likeness (QED) is 0.758. The molecule has 7 nitrogen and oxygen atoms in total. The number of rotatable bonds is 5. The molecule has 0 saturated heterocycles. The highest BCUT2D eigenvalue weighted by Crippen LogP contribution is 2.26. The molecule has 1 aliphatic rings. The van der Waals surface area contributed by atoms with Crippen LogP contribution >= 0.6 is 0 Å². The van der Waals surface area contributed by atoms with Gasteiger partial charge in [-0.2, -0.15) is 0 Å². The van der Waals surface area contributed by atoms with Crippen molar-refractivity contribution in [1.82, 2.24) is 14.3 Å². The second kappa shape index (κ2) is 5.56. The van der Waals surface area contributed by atoms with Crippen molar-refractivity contribution in [3.05, 3.63) is 20.8 Å². The van der Waals surface area contributed by atoms with Crippen LogP contribution in [-0.2, 0) is 14.1 Å². The van der Waals surface area contributed by atoms with E-state index < -0.39 is 5.69 Å². The zero-order valence-corrected chi connectivity index (χ0v) is 11.4. The number of anilines is 1. The summed E-state index contributed by atoms with van der Waals surface area (Å²) in [5, 5.41) is 13.1. The first-order chi connectivity index (χ1) is 9.06. The van der Waals surface area contributed by atoms with E-state index in [1.54, 1.807) is 0 Å². The lowest BCUT2D eigenvalue weighted by atomic mass is 9.91. The van der Waals surface area contributed by atoms with Crippen molar-refractivity contribution < 1.29 is 5.11 Å². The van der Waals surface area contributed by atoms with Crippen molar-refractivity contribution in [1.29, 1.82) is 0 Å². The Hall–Kier alpha value is -1.63. The minimum atomic E-state index is -0.426. The van der Waals surface area contributed by atoms with Crippen LogP contribution in [0.1, 0.15) is 25.7 Å². The van der Waals surface area contributed by atoms with Crippen LogP contribution in [-0.4, -0.2) is 38.6 Å². The van der Waals surface area contributed by atoms with Gasteiger partial charge in [-0.1, -0.05) is 0 Å². The minimum absolute atomic E-state index is 0.0787. The summed E-state index contributed by atoms with van der Waals surface area (Å²) in [6.45, 7) is 0.664. The third-order valence-electron chi connectivity index (χ3n) is 3.65. The largest absolute Gasteiger partial charge is 0.396 e. The molecule has 0 aromatic carbocycles. The maximum Gasteiger partial charge on any atom is 0.346 e. The van der Waals surface area contributed by atoms with Crippen molar-refractivity contribution in [2.45, 2.75) is 31.7 Å². The normalized spacial score (nSPS) is 15.3. The molecule has 1 saturated carbocycles. The Morgan fingerprint density at radius 1 is 1.37 bits per heavy atom. The summed E-state index contributed by atoms with van der Waals surface area (Å²) in [7, 11) is 3.00. The van der Waals surface area contributed by atoms with Crippen LogP contribution in [0.5, 0.6) is 0 Å². The maximum atomic E-state index is 12.2. The highest BCUT2D eigenvalue weighted by Gasteiger charge is 2.28. The number of hydrogen-bond donors (Lipinski definition) is 1. The number of aryl methyl sites for hydroxylation is 1. The van der Waals surface area contributed by atoms with E-state index >= 15 is 0 Å². The maximum absolute atomic E-state index is 12.2. The summed E-state index contributed by atoms with van der Waals surface area (Å²) in [5.41, 5.74) is -0.794. The van der Waals surface area contributed by atoms with Crippen molar-refractivity contribution in [3.8, 4) is 0 Å². The van der Waals surface area contributed by atoms with Gasteiger partial charge in [-0.25, -0.2) is 9.48 Å². The van der Waals surface area contributed by atoms with E-state index in [0.29, 0.717) is 24.8 Å². The topological polar surface area (TPSA) is 80.4 Å². The van der Waals surface area contributed by atoms with Gasteiger partial charge in [0, 0.05) is 33.3 Å². The van der Waals surface area contributed by atoms with Crippen LogP contribution in [0.3, 0.4) is 0 Å². The van der Waals surface area contributed by atoms with Gasteiger partial charge in [0.15, 0.2) is 0 Å². The van der Waals surface area contributed by atoms with E-state index in [-0.39, 0.29) is 12.2 Å². The molecule has 0 radical (unpaired) electrons. The summed E-state index contributed by atoms with van der Waals surface area (Å²) < 4.78 is 2.26. The van der Waals surface area contributed by atoms with Crippen LogP contribution in [0.2, 0.25) is 0 Å². The average molecular weight is 268 g/mol. The Bertz CT molecular complexity index is 559. The Balaban J connectivity index is 2.41. The molecule has 7 heteroatoms. The predicted octanol–water partition coefficient (Wildman–Crippen LogP) is -0.780. The summed E-state index contributed by atoms with van der Waals surface area (Å²) in [4.78, 5) is 25.7. The van der Waals surface area contributed by atoms with E-state index in [2.05, 4.69) is 5.10 Å². The van der Waals surface area contributed by atoms with Crippen molar-refractivity contribution >= 4 is 5.82 Å². The smallest absolute Gasteiger partial charge is 0.346 e. The second-order valence-corrected chi connectivity index (χ2v) is 4.95. The van der Waals surface area contributed by atoms with Crippen molar-refractivity contribution in [2.75, 3.05) is 18.1 Å². The van der Waals surface area contributed by atoms with Gasteiger partial charge < -0.3 is 10.0 Å². The Kier molecular flexibility index (Phi) is 4.04. The molecule has 1 fully saturated rings. The Morgan fingerprint density at radius 3 is 2.58 bits per heavy atom. The van der Waals surface area contributed by atoms with Crippen molar-refractivity contribution in [2.24, 2.45) is 14.1 Å². The summed E-state index contributed by atoms with van der Waals surface area (Å²) in [6, 6.07) is 0.296. The molecule has 0 spiro atoms. The summed E-state index contributed by atoms with van der Waals surface area (Å²) in [6.07, 6.45) is 3.79. The third kappa shape index (κ3) is 2.56. The molecule has 0 amide bonds. The monoisotopic (exact) mass is 268 g/mol. The van der Waals surface area contributed by atoms with E-state index in [0.717, 1.165) is 23.8 Å². The lowest BCUT2D eigenvalue weighted by molar-refractivity contribution is 0.282. The Morgan fingerprint density at radius 2 is 2.05 bits per heavy atom. The van der Waals surface area contributed by atoms with Gasteiger partial charge >= 0.3 is 5.69 Å². The molecule has 2 rings (SSSR count). The zero-order valence-electron chi connectivity index (χ0n) is 11.4. The molecule has 1 heterocycles. The van der Waals surface area contributed by atoms with Crippen LogP contribution < -0.4 is 16.1 Å². The first kappa shape index (κ1) is 13.8. The molecule has 0 atom stereocenters. The highest BCUT2D eigenvalue weighted by molar-refractivity contribution is 5.37. The number of aromatic nitrogens is 3. The van der Waals surface area contributed by atoms with Gasteiger partial charge in [0.25, 0.3) is 5.56 Å². The highest BCUT2D eigenvalue weighted by atomic mass is 16.3. The number of nitrogens with zero attached hydrogens (tertiary/aromatic N) is 4. The van der Waals surface area contributed by atoms with E-state index in [1.807, 2.05) is 4.90 Å². The van der Waals surface area contributed by atoms with Crippen LogP contribution in [0, 0.1) is 0 Å². The molecule has 19 heavy (non-hydrogen) atoms. The zero-order chi connectivity index (χ0) is 14.0. The molecule has 0 bridgehead atoms. The van der Waals surface area contributed by atoms with E-state index in [1.165, 1.54) is 18.8 Å². The summed E-state index contributed by atoms with van der Waals surface area (Å²) in [5.74, 6) is 0.308. The van der Waals surface area contributed by atoms with Gasteiger partial charge in [-0.15, -0.1) is 5.10 Å². The summed E-state index contributed by atoms with van der Waals surface area (Å²) >= 11 is 0. The van der Waals surface area contributed by atoms with Gasteiger partial charge in [0.1, 0.15) is 0 Å². The standard InChI is InChI=1S/C12H20N4O3/c1-14-11(18)10(13-15(2)12(14)19)16(7-4-8-17)9-5-3-6-9/h9,17H,3-8H2,1-2H3. The molecule has 1 N–H and O–H groups in total. The van der Waals surface area contributed by atoms with Gasteiger partial charge in [-0.3, -0.25) is 9.36 Å².